The number of carbonyl (C=O) groups is 1. The van der Waals surface area contributed by atoms with Gasteiger partial charge in [0.25, 0.3) is 5.91 Å². The zero-order chi connectivity index (χ0) is 17.6. The molecule has 0 heterocycles. The fourth-order valence-electron chi connectivity index (χ4n) is 2.55. The topological polar surface area (TPSA) is 50.7 Å². The number of ether oxygens (including phenoxy) is 1. The van der Waals surface area contributed by atoms with Gasteiger partial charge in [-0.25, -0.2) is 5.43 Å². The molecule has 4 nitrogen and oxygen atoms in total. The van der Waals surface area contributed by atoms with Crippen LogP contribution in [0.5, 0.6) is 5.75 Å². The van der Waals surface area contributed by atoms with E-state index in [1.807, 2.05) is 55.5 Å². The number of nitrogens with zero attached hydrogens (tertiary/aromatic N) is 1. The van der Waals surface area contributed by atoms with Crippen molar-refractivity contribution in [3.05, 3.63) is 76.3 Å². The Hall–Kier alpha value is -2.66. The summed E-state index contributed by atoms with van der Waals surface area (Å²) in [5.74, 6) is 0.460. The summed E-state index contributed by atoms with van der Waals surface area (Å²) in [6, 6.07) is 19.1. The first-order chi connectivity index (χ1) is 12.2. The predicted molar refractivity (Wildman–Crippen MR) is 104 cm³/mol. The van der Waals surface area contributed by atoms with Gasteiger partial charge in [0.05, 0.1) is 18.4 Å². The van der Waals surface area contributed by atoms with Gasteiger partial charge in [0, 0.05) is 10.0 Å². The maximum Gasteiger partial charge on any atom is 0.272 e. The van der Waals surface area contributed by atoms with Gasteiger partial charge in [0.1, 0.15) is 5.75 Å². The SMILES string of the molecule is CCOc1ccc2ccccc2c1C=NNC(=O)c1ccccc1Br. The number of benzene rings is 3. The summed E-state index contributed by atoms with van der Waals surface area (Å²) in [6.45, 7) is 2.49. The molecule has 0 aliphatic rings. The number of fused-ring (bicyclic) bond motifs is 1. The van der Waals surface area contributed by atoms with Gasteiger partial charge in [-0.2, -0.15) is 5.10 Å². The van der Waals surface area contributed by atoms with Crippen LogP contribution in [0.25, 0.3) is 10.8 Å². The number of carbonyl (C=O) groups excluding carboxylic acids is 1. The first kappa shape index (κ1) is 17.2. The Labute approximate surface area is 154 Å². The number of hydrogen-bond acceptors (Lipinski definition) is 3. The van der Waals surface area contributed by atoms with Crippen LogP contribution in [-0.2, 0) is 0 Å². The van der Waals surface area contributed by atoms with Crippen molar-refractivity contribution in [1.82, 2.24) is 5.43 Å². The lowest BCUT2D eigenvalue weighted by molar-refractivity contribution is 0.0954. The third kappa shape index (κ3) is 3.88. The summed E-state index contributed by atoms with van der Waals surface area (Å²) in [5, 5.41) is 6.23. The average Bonchev–Trinajstić information content (AvgIpc) is 2.63. The first-order valence-electron chi connectivity index (χ1n) is 7.93. The van der Waals surface area contributed by atoms with Crippen molar-refractivity contribution in [3.63, 3.8) is 0 Å². The van der Waals surface area contributed by atoms with E-state index in [-0.39, 0.29) is 5.91 Å². The summed E-state index contributed by atoms with van der Waals surface area (Å²) in [4.78, 5) is 12.2. The van der Waals surface area contributed by atoms with Crippen LogP contribution in [0, 0.1) is 0 Å². The molecule has 0 atom stereocenters. The number of amides is 1. The van der Waals surface area contributed by atoms with E-state index in [0.717, 1.165) is 26.6 Å². The average molecular weight is 397 g/mol. The lowest BCUT2D eigenvalue weighted by atomic mass is 10.0. The van der Waals surface area contributed by atoms with Crippen LogP contribution in [0.15, 0.2) is 70.2 Å². The van der Waals surface area contributed by atoms with E-state index in [1.54, 1.807) is 18.3 Å². The maximum atomic E-state index is 12.2. The normalized spacial score (nSPS) is 11.0. The van der Waals surface area contributed by atoms with E-state index >= 15 is 0 Å². The Morgan fingerprint density at radius 1 is 1.12 bits per heavy atom. The quantitative estimate of drug-likeness (QED) is 0.498. The highest BCUT2D eigenvalue weighted by molar-refractivity contribution is 9.10. The molecule has 0 bridgehead atoms. The van der Waals surface area contributed by atoms with E-state index in [1.165, 1.54) is 0 Å². The summed E-state index contributed by atoms with van der Waals surface area (Å²) in [7, 11) is 0. The zero-order valence-electron chi connectivity index (χ0n) is 13.7. The van der Waals surface area contributed by atoms with Gasteiger partial charge in [-0.15, -0.1) is 0 Å². The van der Waals surface area contributed by atoms with Gasteiger partial charge in [-0.1, -0.05) is 42.5 Å². The summed E-state index contributed by atoms with van der Waals surface area (Å²) >= 11 is 3.37. The third-order valence-corrected chi connectivity index (χ3v) is 4.40. The molecule has 0 unspecified atom stereocenters. The monoisotopic (exact) mass is 396 g/mol. The van der Waals surface area contributed by atoms with E-state index < -0.39 is 0 Å². The van der Waals surface area contributed by atoms with Crippen molar-refractivity contribution >= 4 is 38.8 Å². The van der Waals surface area contributed by atoms with Crippen LogP contribution in [0.3, 0.4) is 0 Å². The largest absolute Gasteiger partial charge is 0.493 e. The van der Waals surface area contributed by atoms with E-state index in [9.17, 15) is 4.79 Å². The van der Waals surface area contributed by atoms with Gasteiger partial charge in [0.15, 0.2) is 0 Å². The molecule has 126 valence electrons. The van der Waals surface area contributed by atoms with Crippen molar-refractivity contribution in [2.24, 2.45) is 5.10 Å². The fourth-order valence-corrected chi connectivity index (χ4v) is 3.02. The minimum Gasteiger partial charge on any atom is -0.493 e. The molecule has 0 radical (unpaired) electrons. The molecule has 25 heavy (non-hydrogen) atoms. The summed E-state index contributed by atoms with van der Waals surface area (Å²) in [5.41, 5.74) is 3.94. The van der Waals surface area contributed by atoms with Gasteiger partial charge in [0.2, 0.25) is 0 Å². The van der Waals surface area contributed by atoms with Crippen molar-refractivity contribution in [3.8, 4) is 5.75 Å². The van der Waals surface area contributed by atoms with Crippen molar-refractivity contribution < 1.29 is 9.53 Å². The van der Waals surface area contributed by atoms with Gasteiger partial charge in [-0.3, -0.25) is 4.79 Å². The molecular weight excluding hydrogens is 380 g/mol. The van der Waals surface area contributed by atoms with E-state index in [4.69, 9.17) is 4.74 Å². The molecule has 5 heteroatoms. The predicted octanol–water partition coefficient (Wildman–Crippen LogP) is 4.76. The molecule has 0 fully saturated rings. The minimum absolute atomic E-state index is 0.276. The first-order valence-corrected chi connectivity index (χ1v) is 8.72. The van der Waals surface area contributed by atoms with Crippen LogP contribution < -0.4 is 10.2 Å². The van der Waals surface area contributed by atoms with Crippen molar-refractivity contribution in [2.45, 2.75) is 6.92 Å². The maximum absolute atomic E-state index is 12.2. The second-order valence-corrected chi connectivity index (χ2v) is 6.16. The number of rotatable bonds is 5. The van der Waals surface area contributed by atoms with Crippen LogP contribution in [0.2, 0.25) is 0 Å². The minimum atomic E-state index is -0.276. The van der Waals surface area contributed by atoms with Crippen molar-refractivity contribution in [2.75, 3.05) is 6.61 Å². The molecule has 3 aromatic rings. The van der Waals surface area contributed by atoms with Crippen molar-refractivity contribution in [1.29, 1.82) is 0 Å². The Morgan fingerprint density at radius 2 is 1.88 bits per heavy atom. The summed E-state index contributed by atoms with van der Waals surface area (Å²) < 4.78 is 6.42. The number of nitrogens with one attached hydrogen (secondary N) is 1. The second kappa shape index (κ2) is 7.94. The van der Waals surface area contributed by atoms with E-state index in [0.29, 0.717) is 12.2 Å². The Kier molecular flexibility index (Phi) is 5.46. The Morgan fingerprint density at radius 3 is 2.68 bits per heavy atom. The van der Waals surface area contributed by atoms with Crippen LogP contribution in [0.4, 0.5) is 0 Å². The highest BCUT2D eigenvalue weighted by Crippen LogP contribution is 2.26. The van der Waals surface area contributed by atoms with Gasteiger partial charge >= 0.3 is 0 Å². The number of halogens is 1. The standard InChI is InChI=1S/C20H17BrN2O2/c1-2-25-19-12-11-14-7-3-4-8-15(14)17(19)13-22-23-20(24)16-9-5-6-10-18(16)21/h3-13H,2H2,1H3,(H,23,24). The highest BCUT2D eigenvalue weighted by atomic mass is 79.9. The summed E-state index contributed by atoms with van der Waals surface area (Å²) in [6.07, 6.45) is 1.63. The molecule has 0 aromatic heterocycles. The molecular formula is C20H17BrN2O2. The number of hydrogen-bond donors (Lipinski definition) is 1. The van der Waals surface area contributed by atoms with Gasteiger partial charge < -0.3 is 4.74 Å². The highest BCUT2D eigenvalue weighted by Gasteiger charge is 2.09. The number of hydrazone groups is 1. The smallest absolute Gasteiger partial charge is 0.272 e. The molecule has 3 rings (SSSR count). The van der Waals surface area contributed by atoms with E-state index in [2.05, 4.69) is 26.5 Å². The lowest BCUT2D eigenvalue weighted by Crippen LogP contribution is -2.18. The molecule has 0 spiro atoms. The zero-order valence-corrected chi connectivity index (χ0v) is 15.3. The molecule has 0 saturated carbocycles. The molecule has 0 saturated heterocycles. The fraction of sp³-hybridized carbons (Fsp3) is 0.100. The second-order valence-electron chi connectivity index (χ2n) is 5.31. The Bertz CT molecular complexity index is 938. The molecule has 1 amide bonds. The van der Waals surface area contributed by atoms with Crippen LogP contribution in [-0.4, -0.2) is 18.7 Å². The molecule has 3 aromatic carbocycles. The Balaban J connectivity index is 1.89. The lowest BCUT2D eigenvalue weighted by Gasteiger charge is -2.10. The molecule has 1 N–H and O–H groups in total. The third-order valence-electron chi connectivity index (χ3n) is 3.71. The van der Waals surface area contributed by atoms with Crippen LogP contribution in [0.1, 0.15) is 22.8 Å². The molecule has 0 aliphatic carbocycles. The van der Waals surface area contributed by atoms with Gasteiger partial charge in [-0.05, 0) is 51.8 Å². The molecule has 0 aliphatic heterocycles. The van der Waals surface area contributed by atoms with Crippen LogP contribution >= 0.6 is 15.9 Å².